The summed E-state index contributed by atoms with van der Waals surface area (Å²) in [6.07, 6.45) is -17.4. The maximum Gasteiger partial charge on any atom is 0.223 e. The van der Waals surface area contributed by atoms with Gasteiger partial charge in [0, 0.05) is 19.4 Å². The van der Waals surface area contributed by atoms with E-state index >= 15 is 0 Å². The Morgan fingerprint density at radius 3 is 2.00 bits per heavy atom. The molecule has 18 nitrogen and oxygen atoms in total. The molecule has 4 fully saturated rings. The fraction of sp³-hybridized carbons (Fsp3) is 0.920. The molecule has 43 heavy (non-hydrogen) atoms. The molecule has 0 bridgehead atoms. The Labute approximate surface area is 246 Å². The number of aliphatic hydroxyl groups excluding tert-OH is 8. The Morgan fingerprint density at radius 1 is 0.884 bits per heavy atom. The number of amides is 2. The number of ether oxygens (including phenoxy) is 5. The van der Waals surface area contributed by atoms with Gasteiger partial charge in [0.25, 0.3) is 0 Å². The van der Waals surface area contributed by atoms with E-state index in [1.165, 1.54) is 4.90 Å². The summed E-state index contributed by atoms with van der Waals surface area (Å²) >= 11 is 0. The van der Waals surface area contributed by atoms with Crippen molar-refractivity contribution >= 4 is 11.8 Å². The zero-order valence-corrected chi connectivity index (χ0v) is 23.7. The largest absolute Gasteiger partial charge is 0.394 e. The van der Waals surface area contributed by atoms with E-state index in [-0.39, 0.29) is 18.4 Å². The Hall–Kier alpha value is -1.62. The van der Waals surface area contributed by atoms with E-state index in [9.17, 15) is 50.4 Å². The first kappa shape index (κ1) is 34.3. The molecule has 4 heterocycles. The van der Waals surface area contributed by atoms with Crippen molar-refractivity contribution in [3.8, 4) is 0 Å². The van der Waals surface area contributed by atoms with E-state index in [4.69, 9.17) is 29.4 Å². The van der Waals surface area contributed by atoms with Crippen LogP contribution in [0.1, 0.15) is 26.7 Å². The van der Waals surface area contributed by atoms with Gasteiger partial charge >= 0.3 is 0 Å². The lowest BCUT2D eigenvalue weighted by Gasteiger charge is -2.50. The minimum Gasteiger partial charge on any atom is -0.394 e. The number of aliphatic hydroxyl groups is 8. The van der Waals surface area contributed by atoms with Gasteiger partial charge in [-0.05, 0) is 13.3 Å². The van der Waals surface area contributed by atoms with Gasteiger partial charge in [-0.2, -0.15) is 0 Å². The number of nitrogens with two attached hydrogens (primary N) is 1. The Bertz CT molecular complexity index is 963. The van der Waals surface area contributed by atoms with Crippen LogP contribution in [0.15, 0.2) is 0 Å². The lowest BCUT2D eigenvalue weighted by Crippen LogP contribution is -2.70. The summed E-state index contributed by atoms with van der Waals surface area (Å²) in [4.78, 5) is 25.6. The van der Waals surface area contributed by atoms with Crippen molar-refractivity contribution in [3.05, 3.63) is 0 Å². The minimum atomic E-state index is -1.68. The van der Waals surface area contributed by atoms with Gasteiger partial charge in [-0.1, -0.05) is 0 Å². The highest BCUT2D eigenvalue weighted by atomic mass is 16.7. The standard InChI is InChI=1S/C25H43N3O15/c1-8-3-4-13(33)28(8)16-20(37)17(34)10(5-29)40-25(16)43-21-12(7-31)41-24(14(26)18(21)35)42-22-11(6-30)39-23(38)15(19(22)36)27-9(2)32/h8,10-12,14-25,29-31,34-38H,3-7,26H2,1-2H3,(H,27,32)/t8?,10-,11-,12-,14-,15-,16-,17-,18-,19-,20-,21-,22-,23-,24+,25+/m1/s1. The van der Waals surface area contributed by atoms with Crippen molar-refractivity contribution in [2.75, 3.05) is 19.8 Å². The third-order valence-electron chi connectivity index (χ3n) is 8.43. The van der Waals surface area contributed by atoms with E-state index in [0.717, 1.165) is 6.92 Å². The van der Waals surface area contributed by atoms with Crippen LogP contribution in [-0.2, 0) is 33.3 Å². The number of hydrogen-bond acceptors (Lipinski definition) is 16. The second-order valence-electron chi connectivity index (χ2n) is 11.3. The van der Waals surface area contributed by atoms with Crippen LogP contribution in [0.4, 0.5) is 0 Å². The second kappa shape index (κ2) is 14.2. The SMILES string of the molecule is CC(=O)N[C@@H]1[C@@H](O)[C@H](O[C@@H]2O[C@H](CO)[C@@H](O[C@@H]3O[C@H](CO)[C@@H](O)[C@H](O)[C@H]3N3C(=O)CCC3C)[C@H](O)[C@H]2N)[C@@H](CO)O[C@H]1O. The average Bonchev–Trinajstić information content (AvgIpc) is 3.30. The van der Waals surface area contributed by atoms with Crippen LogP contribution < -0.4 is 11.1 Å². The summed E-state index contributed by atoms with van der Waals surface area (Å²) in [7, 11) is 0. The van der Waals surface area contributed by atoms with Gasteiger partial charge in [0.1, 0.15) is 67.0 Å². The highest BCUT2D eigenvalue weighted by Crippen LogP contribution is 2.35. The fourth-order valence-corrected chi connectivity index (χ4v) is 6.11. The topological polar surface area (TPSA) is 283 Å². The molecule has 2 amide bonds. The van der Waals surface area contributed by atoms with Gasteiger partial charge < -0.3 is 80.5 Å². The first-order valence-electron chi connectivity index (χ1n) is 14.2. The van der Waals surface area contributed by atoms with Crippen LogP contribution in [0.25, 0.3) is 0 Å². The molecular formula is C25H43N3O15. The molecule has 0 spiro atoms. The molecule has 4 saturated heterocycles. The summed E-state index contributed by atoms with van der Waals surface area (Å²) in [6, 6.07) is -4.39. The predicted octanol–water partition coefficient (Wildman–Crippen LogP) is -6.44. The maximum absolute atomic E-state index is 12.7. The zero-order valence-electron chi connectivity index (χ0n) is 23.7. The van der Waals surface area contributed by atoms with Crippen molar-refractivity contribution in [3.63, 3.8) is 0 Å². The third-order valence-corrected chi connectivity index (χ3v) is 8.43. The molecule has 4 rings (SSSR count). The van der Waals surface area contributed by atoms with Gasteiger partial charge in [0.05, 0.1) is 25.9 Å². The summed E-state index contributed by atoms with van der Waals surface area (Å²) in [6.45, 7) is 0.700. The molecule has 0 aromatic carbocycles. The first-order chi connectivity index (χ1) is 20.3. The number of likely N-dealkylation sites (tertiary alicyclic amines) is 1. The molecular weight excluding hydrogens is 582 g/mol. The van der Waals surface area contributed by atoms with Crippen LogP contribution in [0.2, 0.25) is 0 Å². The average molecular weight is 626 g/mol. The number of nitrogens with zero attached hydrogens (tertiary/aromatic N) is 1. The van der Waals surface area contributed by atoms with E-state index in [1.807, 2.05) is 0 Å². The van der Waals surface area contributed by atoms with Crippen molar-refractivity contribution in [1.82, 2.24) is 10.2 Å². The Balaban J connectivity index is 1.54. The molecule has 1 unspecified atom stereocenters. The summed E-state index contributed by atoms with van der Waals surface area (Å²) in [5.74, 6) is -0.925. The molecule has 0 saturated carbocycles. The highest BCUT2D eigenvalue weighted by Gasteiger charge is 2.55. The number of hydrogen-bond donors (Lipinski definition) is 10. The van der Waals surface area contributed by atoms with Gasteiger partial charge in [-0.3, -0.25) is 9.59 Å². The van der Waals surface area contributed by atoms with Gasteiger partial charge in [-0.15, -0.1) is 0 Å². The summed E-state index contributed by atoms with van der Waals surface area (Å²) < 4.78 is 28.6. The van der Waals surface area contributed by atoms with Crippen molar-refractivity contribution in [1.29, 1.82) is 0 Å². The molecule has 0 aromatic heterocycles. The number of nitrogens with one attached hydrogen (secondary N) is 1. The second-order valence-corrected chi connectivity index (χ2v) is 11.3. The molecule has 18 heteroatoms. The van der Waals surface area contributed by atoms with Crippen LogP contribution in [0.3, 0.4) is 0 Å². The van der Waals surface area contributed by atoms with Crippen molar-refractivity contribution in [2.45, 2.75) is 125 Å². The van der Waals surface area contributed by atoms with E-state index in [0.29, 0.717) is 6.42 Å². The van der Waals surface area contributed by atoms with Gasteiger partial charge in [0.15, 0.2) is 18.9 Å². The zero-order chi connectivity index (χ0) is 31.7. The molecule has 4 aliphatic rings. The molecule has 0 aromatic rings. The molecule has 16 atom stereocenters. The van der Waals surface area contributed by atoms with E-state index < -0.39 is 118 Å². The van der Waals surface area contributed by atoms with Crippen molar-refractivity contribution in [2.24, 2.45) is 5.73 Å². The van der Waals surface area contributed by atoms with Gasteiger partial charge in [-0.25, -0.2) is 0 Å². The number of carbonyl (C=O) groups is 2. The van der Waals surface area contributed by atoms with Crippen LogP contribution >= 0.6 is 0 Å². The Morgan fingerprint density at radius 2 is 1.44 bits per heavy atom. The quantitative estimate of drug-likeness (QED) is 0.114. The van der Waals surface area contributed by atoms with Crippen LogP contribution in [0, 0.1) is 0 Å². The lowest BCUT2D eigenvalue weighted by molar-refractivity contribution is -0.354. The molecule has 0 radical (unpaired) electrons. The van der Waals surface area contributed by atoms with Crippen molar-refractivity contribution < 1.29 is 74.1 Å². The van der Waals surface area contributed by atoms with E-state index in [1.54, 1.807) is 6.92 Å². The minimum absolute atomic E-state index is 0.181. The first-order valence-corrected chi connectivity index (χ1v) is 14.2. The van der Waals surface area contributed by atoms with Gasteiger partial charge in [0.2, 0.25) is 11.8 Å². The molecule has 248 valence electrons. The van der Waals surface area contributed by atoms with Crippen LogP contribution in [-0.4, -0.2) is 175 Å². The maximum atomic E-state index is 12.7. The predicted molar refractivity (Wildman–Crippen MR) is 138 cm³/mol. The van der Waals surface area contributed by atoms with E-state index in [2.05, 4.69) is 5.32 Å². The normalized spacial score (nSPS) is 47.5. The lowest BCUT2D eigenvalue weighted by atomic mass is 9.93. The highest BCUT2D eigenvalue weighted by molar-refractivity contribution is 5.79. The number of rotatable bonds is 9. The number of carbonyl (C=O) groups excluding carboxylic acids is 2. The molecule has 4 aliphatic heterocycles. The molecule has 11 N–H and O–H groups in total. The summed E-state index contributed by atoms with van der Waals surface area (Å²) in [5.41, 5.74) is 6.23. The molecule has 0 aliphatic carbocycles. The smallest absolute Gasteiger partial charge is 0.223 e. The third kappa shape index (κ3) is 6.82. The Kier molecular flexibility index (Phi) is 11.3. The monoisotopic (exact) mass is 625 g/mol. The summed E-state index contributed by atoms with van der Waals surface area (Å²) in [5, 5.41) is 85.7. The fourth-order valence-electron chi connectivity index (χ4n) is 6.11. The van der Waals surface area contributed by atoms with Crippen LogP contribution in [0.5, 0.6) is 0 Å².